The third-order valence-corrected chi connectivity index (χ3v) is 5.22. The average Bonchev–Trinajstić information content (AvgIpc) is 3.21. The molecule has 0 spiro atoms. The molecule has 2 aliphatic rings. The molecule has 0 atom stereocenters. The Kier molecular flexibility index (Phi) is 4.57. The molecule has 4 rings (SSSR count). The molecule has 2 heterocycles. The summed E-state index contributed by atoms with van der Waals surface area (Å²) in [7, 11) is 0. The number of para-hydroxylation sites is 1. The molecule has 132 valence electrons. The molecule has 0 bridgehead atoms. The highest BCUT2D eigenvalue weighted by Crippen LogP contribution is 2.41. The first-order valence-electron chi connectivity index (χ1n) is 8.07. The minimum absolute atomic E-state index is 0.162. The van der Waals surface area contributed by atoms with Gasteiger partial charge in [0.25, 0.3) is 5.91 Å². The molecule has 0 aromatic heterocycles. The van der Waals surface area contributed by atoms with E-state index in [1.807, 2.05) is 37.3 Å². The molecule has 1 saturated heterocycles. The molecule has 0 aliphatic carbocycles. The van der Waals surface area contributed by atoms with Crippen molar-refractivity contribution in [2.24, 2.45) is 0 Å². The zero-order valence-electron chi connectivity index (χ0n) is 13.9. The van der Waals surface area contributed by atoms with E-state index in [0.717, 1.165) is 11.3 Å². The lowest BCUT2D eigenvalue weighted by atomic mass is 10.2. The van der Waals surface area contributed by atoms with Crippen LogP contribution in [0.25, 0.3) is 6.08 Å². The summed E-state index contributed by atoms with van der Waals surface area (Å²) in [4.78, 5) is 15.0. The van der Waals surface area contributed by atoms with Crippen LogP contribution in [0.4, 0.5) is 5.69 Å². The van der Waals surface area contributed by atoms with Crippen molar-refractivity contribution in [1.29, 1.82) is 0 Å². The van der Waals surface area contributed by atoms with Crippen LogP contribution in [-0.2, 0) is 4.79 Å². The van der Waals surface area contributed by atoms with Gasteiger partial charge >= 0.3 is 0 Å². The molecule has 7 heteroatoms. The van der Waals surface area contributed by atoms with Gasteiger partial charge in [-0.05, 0) is 31.2 Å². The minimum atomic E-state index is -0.162. The molecule has 2 aliphatic heterocycles. The first-order chi connectivity index (χ1) is 12.7. The molecule has 1 amide bonds. The van der Waals surface area contributed by atoms with Crippen LogP contribution in [0.3, 0.4) is 0 Å². The smallest absolute Gasteiger partial charge is 0.270 e. The highest BCUT2D eigenvalue weighted by molar-refractivity contribution is 8.27. The second-order valence-electron chi connectivity index (χ2n) is 5.53. The predicted octanol–water partition coefficient (Wildman–Crippen LogP) is 4.22. The van der Waals surface area contributed by atoms with Gasteiger partial charge in [-0.1, -0.05) is 42.2 Å². The molecule has 0 saturated carbocycles. The van der Waals surface area contributed by atoms with Gasteiger partial charge in [0.05, 0.1) is 17.2 Å². The fraction of sp³-hybridized carbons (Fsp3) is 0.158. The van der Waals surface area contributed by atoms with Crippen molar-refractivity contribution in [3.8, 4) is 17.2 Å². The van der Waals surface area contributed by atoms with Crippen LogP contribution >= 0.6 is 24.0 Å². The van der Waals surface area contributed by atoms with Crippen molar-refractivity contribution in [3.63, 3.8) is 0 Å². The normalized spacial score (nSPS) is 17.3. The predicted molar refractivity (Wildman–Crippen MR) is 106 cm³/mol. The molecule has 5 nitrogen and oxygen atoms in total. The number of rotatable bonds is 4. The van der Waals surface area contributed by atoms with Gasteiger partial charge in [0.2, 0.25) is 6.79 Å². The number of ether oxygens (including phenoxy) is 3. The number of carbonyl (C=O) groups excluding carboxylic acids is 1. The van der Waals surface area contributed by atoms with E-state index in [4.69, 9.17) is 26.4 Å². The fourth-order valence-corrected chi connectivity index (χ4v) is 4.03. The monoisotopic (exact) mass is 385 g/mol. The number of thioether (sulfide) groups is 1. The van der Waals surface area contributed by atoms with Crippen LogP contribution in [0.15, 0.2) is 47.4 Å². The van der Waals surface area contributed by atoms with Gasteiger partial charge in [-0.25, -0.2) is 0 Å². The Labute approximate surface area is 160 Å². The quantitative estimate of drug-likeness (QED) is 0.580. The van der Waals surface area contributed by atoms with E-state index in [0.29, 0.717) is 33.0 Å². The molecule has 1 fully saturated rings. The largest absolute Gasteiger partial charge is 0.493 e. The lowest BCUT2D eigenvalue weighted by Gasteiger charge is -2.14. The first-order valence-corrected chi connectivity index (χ1v) is 9.29. The Balaban J connectivity index is 1.66. The Morgan fingerprint density at radius 1 is 1.23 bits per heavy atom. The Hall–Kier alpha value is -2.51. The Bertz CT molecular complexity index is 926. The molecule has 0 radical (unpaired) electrons. The van der Waals surface area contributed by atoms with E-state index < -0.39 is 0 Å². The summed E-state index contributed by atoms with van der Waals surface area (Å²) < 4.78 is 16.8. The number of carbonyl (C=O) groups is 1. The molecule has 2 aromatic carbocycles. The second-order valence-corrected chi connectivity index (χ2v) is 7.20. The lowest BCUT2D eigenvalue weighted by Crippen LogP contribution is -2.27. The van der Waals surface area contributed by atoms with Gasteiger partial charge in [-0.2, -0.15) is 0 Å². The summed E-state index contributed by atoms with van der Waals surface area (Å²) >= 11 is 6.70. The summed E-state index contributed by atoms with van der Waals surface area (Å²) in [6.45, 7) is 2.67. The van der Waals surface area contributed by atoms with Gasteiger partial charge in [-0.3, -0.25) is 9.69 Å². The summed E-state index contributed by atoms with van der Waals surface area (Å²) in [5, 5.41) is 0. The fourth-order valence-electron chi connectivity index (χ4n) is 2.74. The van der Waals surface area contributed by atoms with Crippen molar-refractivity contribution in [1.82, 2.24) is 0 Å². The van der Waals surface area contributed by atoms with Crippen molar-refractivity contribution < 1.29 is 19.0 Å². The van der Waals surface area contributed by atoms with E-state index in [-0.39, 0.29) is 12.7 Å². The van der Waals surface area contributed by atoms with Crippen molar-refractivity contribution in [2.45, 2.75) is 6.92 Å². The standard InChI is InChI=1S/C19H15NO4S2/c1-2-22-14-6-4-3-5-12(14)9-17-18(21)20(19(25)26-17)13-7-8-15-16(10-13)24-11-23-15/h3-10H,2,11H2,1H3/b17-9+. The lowest BCUT2D eigenvalue weighted by molar-refractivity contribution is -0.113. The number of hydrogen-bond acceptors (Lipinski definition) is 6. The number of hydrogen-bond donors (Lipinski definition) is 0. The highest BCUT2D eigenvalue weighted by Gasteiger charge is 2.34. The number of thiocarbonyl (C=S) groups is 1. The number of amides is 1. The van der Waals surface area contributed by atoms with Crippen LogP contribution in [0.2, 0.25) is 0 Å². The van der Waals surface area contributed by atoms with E-state index in [1.54, 1.807) is 18.2 Å². The zero-order valence-corrected chi connectivity index (χ0v) is 15.6. The first kappa shape index (κ1) is 16.9. The number of nitrogens with zero attached hydrogens (tertiary/aromatic N) is 1. The third-order valence-electron chi connectivity index (χ3n) is 3.91. The Morgan fingerprint density at radius 2 is 2.04 bits per heavy atom. The summed E-state index contributed by atoms with van der Waals surface area (Å²) in [6, 6.07) is 13.0. The SMILES string of the molecule is CCOc1ccccc1/C=C1/SC(=S)N(c2ccc3c(c2)OCO3)C1=O. The van der Waals surface area contributed by atoms with Crippen LogP contribution in [0, 0.1) is 0 Å². The topological polar surface area (TPSA) is 48.0 Å². The summed E-state index contributed by atoms with van der Waals surface area (Å²) in [5.74, 6) is 1.86. The summed E-state index contributed by atoms with van der Waals surface area (Å²) in [5.41, 5.74) is 1.51. The van der Waals surface area contributed by atoms with Gasteiger partial charge in [0.15, 0.2) is 15.8 Å². The van der Waals surface area contributed by atoms with Crippen LogP contribution in [-0.4, -0.2) is 23.6 Å². The van der Waals surface area contributed by atoms with Crippen LogP contribution in [0.5, 0.6) is 17.2 Å². The maximum atomic E-state index is 12.9. The van der Waals surface area contributed by atoms with E-state index in [9.17, 15) is 4.79 Å². The van der Waals surface area contributed by atoms with E-state index in [2.05, 4.69) is 0 Å². The number of fused-ring (bicyclic) bond motifs is 1. The molecule has 26 heavy (non-hydrogen) atoms. The Morgan fingerprint density at radius 3 is 2.88 bits per heavy atom. The van der Waals surface area contributed by atoms with Gasteiger partial charge < -0.3 is 14.2 Å². The van der Waals surface area contributed by atoms with Gasteiger partial charge in [-0.15, -0.1) is 0 Å². The third kappa shape index (κ3) is 3.04. The molecular formula is C19H15NO4S2. The zero-order chi connectivity index (χ0) is 18.1. The molecular weight excluding hydrogens is 370 g/mol. The van der Waals surface area contributed by atoms with Crippen LogP contribution < -0.4 is 19.1 Å². The average molecular weight is 385 g/mol. The van der Waals surface area contributed by atoms with Gasteiger partial charge in [0, 0.05) is 11.6 Å². The highest BCUT2D eigenvalue weighted by atomic mass is 32.2. The maximum absolute atomic E-state index is 12.9. The molecule has 0 N–H and O–H groups in total. The van der Waals surface area contributed by atoms with Crippen molar-refractivity contribution in [3.05, 3.63) is 52.9 Å². The van der Waals surface area contributed by atoms with Crippen molar-refractivity contribution in [2.75, 3.05) is 18.3 Å². The van der Waals surface area contributed by atoms with E-state index >= 15 is 0 Å². The second kappa shape index (κ2) is 7.01. The van der Waals surface area contributed by atoms with Crippen LogP contribution in [0.1, 0.15) is 12.5 Å². The molecule has 2 aromatic rings. The number of anilines is 1. The molecule has 0 unspecified atom stereocenters. The number of benzene rings is 2. The summed E-state index contributed by atoms with van der Waals surface area (Å²) in [6.07, 6.45) is 1.82. The minimum Gasteiger partial charge on any atom is -0.493 e. The van der Waals surface area contributed by atoms with Gasteiger partial charge in [0.1, 0.15) is 5.75 Å². The maximum Gasteiger partial charge on any atom is 0.270 e. The van der Waals surface area contributed by atoms with E-state index in [1.165, 1.54) is 16.7 Å². The van der Waals surface area contributed by atoms with Crippen molar-refractivity contribution >= 4 is 46.0 Å².